The lowest BCUT2D eigenvalue weighted by Crippen LogP contribution is -2.32. The van der Waals surface area contributed by atoms with Crippen molar-refractivity contribution < 1.29 is 14.4 Å². The van der Waals surface area contributed by atoms with Crippen LogP contribution in [-0.4, -0.2) is 24.3 Å². The van der Waals surface area contributed by atoms with Crippen molar-refractivity contribution >= 4 is 34.8 Å². The highest BCUT2D eigenvalue weighted by Crippen LogP contribution is 2.20. The smallest absolute Gasteiger partial charge is 0.226 e. The van der Waals surface area contributed by atoms with Gasteiger partial charge in [0, 0.05) is 43.9 Å². The van der Waals surface area contributed by atoms with Gasteiger partial charge >= 0.3 is 0 Å². The van der Waals surface area contributed by atoms with Gasteiger partial charge in [0.15, 0.2) is 0 Å². The lowest BCUT2D eigenvalue weighted by Gasteiger charge is -2.21. The van der Waals surface area contributed by atoms with E-state index in [9.17, 15) is 14.4 Å². The molecule has 0 atom stereocenters. The van der Waals surface area contributed by atoms with Crippen molar-refractivity contribution in [2.45, 2.75) is 20.3 Å². The molecule has 6 heteroatoms. The molecule has 2 rings (SSSR count). The van der Waals surface area contributed by atoms with E-state index in [0.29, 0.717) is 11.4 Å². The monoisotopic (exact) mass is 339 g/mol. The summed E-state index contributed by atoms with van der Waals surface area (Å²) in [6.07, 6.45) is 0.166. The number of carbonyl (C=O) groups is 3. The zero-order valence-corrected chi connectivity index (χ0v) is 14.3. The summed E-state index contributed by atoms with van der Waals surface area (Å²) in [4.78, 5) is 36.7. The van der Waals surface area contributed by atoms with Crippen LogP contribution in [0.25, 0.3) is 0 Å². The molecule has 2 aromatic carbocycles. The third-order valence-electron chi connectivity index (χ3n) is 3.48. The molecular formula is C19H21N3O3. The number of amides is 3. The van der Waals surface area contributed by atoms with Gasteiger partial charge < -0.3 is 15.5 Å². The van der Waals surface area contributed by atoms with Crippen LogP contribution in [0.1, 0.15) is 20.3 Å². The molecule has 0 fully saturated rings. The van der Waals surface area contributed by atoms with Crippen molar-refractivity contribution in [3.05, 3.63) is 54.6 Å². The molecule has 0 unspecified atom stereocenters. The predicted molar refractivity (Wildman–Crippen MR) is 98.5 cm³/mol. The third kappa shape index (κ3) is 5.76. The number of anilines is 3. The van der Waals surface area contributed by atoms with Crippen LogP contribution in [0.5, 0.6) is 0 Å². The van der Waals surface area contributed by atoms with Crippen LogP contribution in [0.2, 0.25) is 0 Å². The molecule has 0 spiro atoms. The van der Waals surface area contributed by atoms with E-state index in [0.717, 1.165) is 5.69 Å². The normalized spacial score (nSPS) is 10.0. The van der Waals surface area contributed by atoms with Gasteiger partial charge in [-0.3, -0.25) is 14.4 Å². The van der Waals surface area contributed by atoms with Gasteiger partial charge in [-0.05, 0) is 30.3 Å². The summed E-state index contributed by atoms with van der Waals surface area (Å²) in [5, 5.41) is 5.47. The number of rotatable bonds is 6. The fraction of sp³-hybridized carbons (Fsp3) is 0.211. The fourth-order valence-electron chi connectivity index (χ4n) is 2.38. The molecule has 0 aliphatic heterocycles. The Hall–Kier alpha value is -3.15. The van der Waals surface area contributed by atoms with Crippen LogP contribution in [0.3, 0.4) is 0 Å². The van der Waals surface area contributed by atoms with E-state index < -0.39 is 0 Å². The number of benzene rings is 2. The first-order chi connectivity index (χ1) is 12.0. The van der Waals surface area contributed by atoms with E-state index in [1.807, 2.05) is 18.2 Å². The number of para-hydroxylation sites is 1. The second kappa shape index (κ2) is 8.63. The molecule has 0 aromatic heterocycles. The molecule has 0 aliphatic rings. The molecule has 2 N–H and O–H groups in total. The van der Waals surface area contributed by atoms with Crippen LogP contribution in [0, 0.1) is 0 Å². The van der Waals surface area contributed by atoms with Crippen LogP contribution in [0.15, 0.2) is 54.6 Å². The average molecular weight is 339 g/mol. The zero-order chi connectivity index (χ0) is 18.2. The number of nitrogens with one attached hydrogen (secondary N) is 2. The Labute approximate surface area is 146 Å². The minimum atomic E-state index is -0.186. The lowest BCUT2D eigenvalue weighted by molar-refractivity contribution is -0.117. The third-order valence-corrected chi connectivity index (χ3v) is 3.48. The zero-order valence-electron chi connectivity index (χ0n) is 14.3. The molecular weight excluding hydrogens is 318 g/mol. The molecule has 0 aliphatic carbocycles. The van der Waals surface area contributed by atoms with E-state index in [1.165, 1.54) is 18.7 Å². The fourth-order valence-corrected chi connectivity index (χ4v) is 2.38. The van der Waals surface area contributed by atoms with Crippen LogP contribution < -0.4 is 15.5 Å². The van der Waals surface area contributed by atoms with Crippen LogP contribution >= 0.6 is 0 Å². The van der Waals surface area contributed by atoms with Crippen molar-refractivity contribution in [2.24, 2.45) is 0 Å². The highest BCUT2D eigenvalue weighted by Gasteiger charge is 2.14. The number of carbonyl (C=O) groups excluding carboxylic acids is 3. The first-order valence-electron chi connectivity index (χ1n) is 7.96. The SMILES string of the molecule is CC(=O)Nc1cccc(N(CCC(=O)Nc2ccccc2)C(C)=O)c1. The second-order valence-electron chi connectivity index (χ2n) is 5.57. The highest BCUT2D eigenvalue weighted by atomic mass is 16.2. The first-order valence-corrected chi connectivity index (χ1v) is 7.96. The Morgan fingerprint density at radius 2 is 1.56 bits per heavy atom. The van der Waals surface area contributed by atoms with E-state index in [2.05, 4.69) is 10.6 Å². The molecule has 0 heterocycles. The molecule has 0 bridgehead atoms. The Kier molecular flexibility index (Phi) is 6.28. The van der Waals surface area contributed by atoms with Crippen molar-refractivity contribution in [1.82, 2.24) is 0 Å². The molecule has 0 radical (unpaired) electrons. The quantitative estimate of drug-likeness (QED) is 0.849. The van der Waals surface area contributed by atoms with Gasteiger partial charge in [-0.25, -0.2) is 0 Å². The number of hydrogen-bond donors (Lipinski definition) is 2. The standard InChI is InChI=1S/C19H21N3O3/c1-14(23)20-17-9-6-10-18(13-17)22(15(2)24)12-11-19(25)21-16-7-4-3-5-8-16/h3-10,13H,11-12H2,1-2H3,(H,20,23)(H,21,25). The summed E-state index contributed by atoms with van der Waals surface area (Å²) in [6, 6.07) is 16.1. The Morgan fingerprint density at radius 1 is 0.880 bits per heavy atom. The van der Waals surface area contributed by atoms with Gasteiger partial charge in [-0.2, -0.15) is 0 Å². The Bertz CT molecular complexity index is 760. The Morgan fingerprint density at radius 3 is 2.20 bits per heavy atom. The molecule has 6 nitrogen and oxygen atoms in total. The van der Waals surface area contributed by atoms with Gasteiger partial charge in [0.25, 0.3) is 0 Å². The molecule has 130 valence electrons. The van der Waals surface area contributed by atoms with E-state index in [-0.39, 0.29) is 30.7 Å². The summed E-state index contributed by atoms with van der Waals surface area (Å²) in [5.41, 5.74) is 1.95. The van der Waals surface area contributed by atoms with Crippen molar-refractivity contribution in [1.29, 1.82) is 0 Å². The largest absolute Gasteiger partial charge is 0.326 e. The first kappa shape index (κ1) is 18.2. The number of hydrogen-bond acceptors (Lipinski definition) is 3. The predicted octanol–water partition coefficient (Wildman–Crippen LogP) is 3.03. The minimum absolute atomic E-state index is 0.166. The van der Waals surface area contributed by atoms with Gasteiger partial charge in [-0.1, -0.05) is 24.3 Å². The van der Waals surface area contributed by atoms with E-state index in [1.54, 1.807) is 36.4 Å². The van der Waals surface area contributed by atoms with Crippen LogP contribution in [-0.2, 0) is 14.4 Å². The Balaban J connectivity index is 2.02. The topological polar surface area (TPSA) is 78.5 Å². The minimum Gasteiger partial charge on any atom is -0.326 e. The van der Waals surface area contributed by atoms with Gasteiger partial charge in [-0.15, -0.1) is 0 Å². The molecule has 3 amide bonds. The maximum absolute atomic E-state index is 12.1. The van der Waals surface area contributed by atoms with Crippen molar-refractivity contribution in [3.8, 4) is 0 Å². The summed E-state index contributed by atoms with van der Waals surface area (Å²) < 4.78 is 0. The van der Waals surface area contributed by atoms with Gasteiger partial charge in [0.1, 0.15) is 0 Å². The highest BCUT2D eigenvalue weighted by molar-refractivity contribution is 5.96. The summed E-state index contributed by atoms with van der Waals surface area (Å²) >= 11 is 0. The van der Waals surface area contributed by atoms with Crippen molar-refractivity contribution in [3.63, 3.8) is 0 Å². The molecule has 25 heavy (non-hydrogen) atoms. The average Bonchev–Trinajstić information content (AvgIpc) is 2.55. The maximum Gasteiger partial charge on any atom is 0.226 e. The lowest BCUT2D eigenvalue weighted by atomic mass is 10.2. The number of nitrogens with zero attached hydrogens (tertiary/aromatic N) is 1. The van der Waals surface area contributed by atoms with Crippen LogP contribution in [0.4, 0.5) is 17.1 Å². The molecule has 0 saturated heterocycles. The van der Waals surface area contributed by atoms with Crippen molar-refractivity contribution in [2.75, 3.05) is 22.1 Å². The van der Waals surface area contributed by atoms with Gasteiger partial charge in [0.2, 0.25) is 17.7 Å². The molecule has 2 aromatic rings. The maximum atomic E-state index is 12.1. The molecule has 0 saturated carbocycles. The second-order valence-corrected chi connectivity index (χ2v) is 5.57. The van der Waals surface area contributed by atoms with E-state index in [4.69, 9.17) is 0 Å². The summed E-state index contributed by atoms with van der Waals surface area (Å²) in [7, 11) is 0. The summed E-state index contributed by atoms with van der Waals surface area (Å²) in [6.45, 7) is 3.11. The van der Waals surface area contributed by atoms with Gasteiger partial charge in [0.05, 0.1) is 0 Å². The summed E-state index contributed by atoms with van der Waals surface area (Å²) in [5.74, 6) is -0.531. The van der Waals surface area contributed by atoms with E-state index >= 15 is 0 Å².